The highest BCUT2D eigenvalue weighted by molar-refractivity contribution is 5.99. The molecule has 2 aliphatic rings. The number of carbonyl (C=O) groups excluding carboxylic acids is 1. The molecule has 10 heteroatoms. The summed E-state index contributed by atoms with van der Waals surface area (Å²) in [6.45, 7) is 4.55. The maximum atomic E-state index is 12.9. The summed E-state index contributed by atoms with van der Waals surface area (Å²) in [4.78, 5) is 15.3. The summed E-state index contributed by atoms with van der Waals surface area (Å²) in [5, 5.41) is 15.4. The lowest BCUT2D eigenvalue weighted by Gasteiger charge is -2.43. The molecule has 2 amide bonds. The topological polar surface area (TPSA) is 111 Å². The van der Waals surface area contributed by atoms with Crippen molar-refractivity contribution in [3.8, 4) is 23.0 Å². The predicted octanol–water partition coefficient (Wildman–Crippen LogP) is 8.48. The number of fused-ring (bicyclic) bond motifs is 1. The second-order valence-corrected chi connectivity index (χ2v) is 13.4. The molecule has 0 unspecified atom stereocenters. The fourth-order valence-electron chi connectivity index (χ4n) is 6.93. The van der Waals surface area contributed by atoms with Crippen LogP contribution in [0.5, 0.6) is 23.0 Å². The minimum absolute atomic E-state index is 0.0167. The molecule has 1 fully saturated rings. The molecule has 0 bridgehead atoms. The molecule has 4 atom stereocenters. The van der Waals surface area contributed by atoms with Gasteiger partial charge in [0.15, 0.2) is 17.8 Å². The van der Waals surface area contributed by atoms with Crippen LogP contribution in [0, 0.1) is 5.92 Å². The Morgan fingerprint density at radius 1 is 0.774 bits per heavy atom. The van der Waals surface area contributed by atoms with Gasteiger partial charge in [0, 0.05) is 42.5 Å². The van der Waals surface area contributed by atoms with Gasteiger partial charge in [-0.05, 0) is 89.3 Å². The van der Waals surface area contributed by atoms with Crippen molar-refractivity contribution in [2.45, 2.75) is 45.0 Å². The maximum absolute atomic E-state index is 12.9. The first-order chi connectivity index (χ1) is 25.9. The van der Waals surface area contributed by atoms with Crippen molar-refractivity contribution in [2.75, 3.05) is 37.9 Å². The maximum Gasteiger partial charge on any atom is 0.323 e. The molecule has 5 aromatic rings. The average molecular weight is 716 g/mol. The molecule has 0 spiro atoms. The first-order valence-electron chi connectivity index (χ1n) is 17.9. The number of anilines is 2. The van der Waals surface area contributed by atoms with Crippen LogP contribution >= 0.6 is 0 Å². The van der Waals surface area contributed by atoms with Gasteiger partial charge in [0.1, 0.15) is 11.5 Å². The highest BCUT2D eigenvalue weighted by Crippen LogP contribution is 2.42. The monoisotopic (exact) mass is 715 g/mol. The van der Waals surface area contributed by atoms with Gasteiger partial charge in [0.25, 0.3) is 0 Å². The third-order valence-corrected chi connectivity index (χ3v) is 9.89. The number of nitrogens with one attached hydrogen (secondary N) is 2. The molecule has 274 valence electrons. The number of hydrogen-bond acceptors (Lipinski definition) is 8. The smallest absolute Gasteiger partial charge is 0.323 e. The first-order valence-corrected chi connectivity index (χ1v) is 17.9. The second kappa shape index (κ2) is 16.5. The summed E-state index contributed by atoms with van der Waals surface area (Å²) in [5.74, 6) is 2.94. The van der Waals surface area contributed by atoms with E-state index in [1.54, 1.807) is 26.4 Å². The SMILES string of the molecule is COc1cc2c(cc1OC)CN(C[C@@H]1O[C@H](c3ccc(NC(=O)Nc4ccc(Oc5ccccc5)cc4)cc3)O[C@H](c3ccc(CO)cc3)[C@@H]1C)CC2. The number of aliphatic hydroxyl groups is 1. The zero-order valence-corrected chi connectivity index (χ0v) is 30.2. The average Bonchev–Trinajstić information content (AvgIpc) is 3.19. The lowest BCUT2D eigenvalue weighted by atomic mass is 9.89. The highest BCUT2D eigenvalue weighted by Gasteiger charge is 2.39. The summed E-state index contributed by atoms with van der Waals surface area (Å²) < 4.78 is 30.4. The van der Waals surface area contributed by atoms with Gasteiger partial charge in [-0.15, -0.1) is 0 Å². The quantitative estimate of drug-likeness (QED) is 0.125. The number of rotatable bonds is 11. The van der Waals surface area contributed by atoms with E-state index in [4.69, 9.17) is 23.7 Å². The molecule has 0 saturated carbocycles. The Hall–Kier alpha value is -5.39. The third-order valence-electron chi connectivity index (χ3n) is 9.89. The molecule has 10 nitrogen and oxygen atoms in total. The van der Waals surface area contributed by atoms with Crippen LogP contribution in [0.1, 0.15) is 47.1 Å². The van der Waals surface area contributed by atoms with Gasteiger partial charge >= 0.3 is 6.03 Å². The van der Waals surface area contributed by atoms with Crippen LogP contribution in [0.25, 0.3) is 0 Å². The molecule has 0 aromatic heterocycles. The van der Waals surface area contributed by atoms with E-state index < -0.39 is 6.29 Å². The zero-order chi connectivity index (χ0) is 36.7. The number of hydrogen-bond donors (Lipinski definition) is 3. The van der Waals surface area contributed by atoms with E-state index in [1.807, 2.05) is 91.0 Å². The number of ether oxygens (including phenoxy) is 5. The molecule has 5 aromatic carbocycles. The molecular weight excluding hydrogens is 670 g/mol. The van der Waals surface area contributed by atoms with Crippen LogP contribution in [0.3, 0.4) is 0 Å². The largest absolute Gasteiger partial charge is 0.493 e. The van der Waals surface area contributed by atoms with Gasteiger partial charge in [0.2, 0.25) is 0 Å². The standard InChI is InChI=1S/C43H45N3O7/c1-28-40(26-46-22-21-32-23-38(49-2)39(50-3)24-33(32)25-46)52-42(53-41(28)30-11-9-29(27-47)10-12-30)31-13-15-34(16-14-31)44-43(48)45-35-17-19-37(20-18-35)51-36-7-5-4-6-8-36/h4-20,23-24,28,40-42,47H,21-22,25-27H2,1-3H3,(H2,44,45,48)/t28-,40+,41+,42+/m1/s1. The van der Waals surface area contributed by atoms with Crippen LogP contribution < -0.4 is 24.8 Å². The van der Waals surface area contributed by atoms with Gasteiger partial charge in [-0.3, -0.25) is 4.90 Å². The number of amides is 2. The fraction of sp³-hybridized carbons (Fsp3) is 0.279. The Bertz CT molecular complexity index is 1970. The van der Waals surface area contributed by atoms with Crippen molar-refractivity contribution in [1.82, 2.24) is 4.90 Å². The summed E-state index contributed by atoms with van der Waals surface area (Å²) in [5.41, 5.74) is 6.49. The normalized spacial score (nSPS) is 19.8. The Morgan fingerprint density at radius 2 is 1.38 bits per heavy atom. The molecule has 1 saturated heterocycles. The first kappa shape index (κ1) is 36.0. The molecule has 53 heavy (non-hydrogen) atoms. The predicted molar refractivity (Wildman–Crippen MR) is 204 cm³/mol. The molecule has 0 aliphatic carbocycles. The fourth-order valence-corrected chi connectivity index (χ4v) is 6.93. The Kier molecular flexibility index (Phi) is 11.2. The number of urea groups is 1. The third kappa shape index (κ3) is 8.64. The molecule has 2 aliphatic heterocycles. The van der Waals surface area contributed by atoms with Crippen molar-refractivity contribution in [3.63, 3.8) is 0 Å². The summed E-state index contributed by atoms with van der Waals surface area (Å²) in [7, 11) is 3.33. The van der Waals surface area contributed by atoms with E-state index in [0.29, 0.717) is 17.1 Å². The lowest BCUT2D eigenvalue weighted by molar-refractivity contribution is -0.276. The Morgan fingerprint density at radius 3 is 2.02 bits per heavy atom. The van der Waals surface area contributed by atoms with E-state index in [1.165, 1.54) is 11.1 Å². The van der Waals surface area contributed by atoms with E-state index in [-0.39, 0.29) is 30.8 Å². The molecule has 7 rings (SSSR count). The van der Waals surface area contributed by atoms with Crippen molar-refractivity contribution >= 4 is 17.4 Å². The van der Waals surface area contributed by atoms with Crippen molar-refractivity contribution in [2.24, 2.45) is 5.92 Å². The number of carbonyl (C=O) groups is 1. The van der Waals surface area contributed by atoms with Gasteiger partial charge in [0.05, 0.1) is 33.0 Å². The molecule has 2 heterocycles. The minimum Gasteiger partial charge on any atom is -0.493 e. The number of nitrogens with zero attached hydrogens (tertiary/aromatic N) is 1. The lowest BCUT2D eigenvalue weighted by Crippen LogP contribution is -2.45. The van der Waals surface area contributed by atoms with Crippen LogP contribution in [-0.2, 0) is 29.0 Å². The van der Waals surface area contributed by atoms with Crippen LogP contribution in [-0.4, -0.2) is 49.5 Å². The molecular formula is C43H45N3O7. The van der Waals surface area contributed by atoms with Crippen LogP contribution in [0.15, 0.2) is 115 Å². The number of benzene rings is 5. The molecule has 0 radical (unpaired) electrons. The van der Waals surface area contributed by atoms with E-state index in [2.05, 4.69) is 34.6 Å². The number of aliphatic hydroxyl groups excluding tert-OH is 1. The van der Waals surface area contributed by atoms with Crippen molar-refractivity contribution < 1.29 is 33.6 Å². The van der Waals surface area contributed by atoms with Crippen molar-refractivity contribution in [1.29, 1.82) is 0 Å². The number of para-hydroxylation sites is 1. The summed E-state index contributed by atoms with van der Waals surface area (Å²) in [6, 6.07) is 36.0. The zero-order valence-electron chi connectivity index (χ0n) is 30.2. The molecule has 3 N–H and O–H groups in total. The van der Waals surface area contributed by atoms with Gasteiger partial charge in [-0.25, -0.2) is 4.79 Å². The summed E-state index contributed by atoms with van der Waals surface area (Å²) >= 11 is 0. The summed E-state index contributed by atoms with van der Waals surface area (Å²) in [6.07, 6.45) is -0.0923. The Balaban J connectivity index is 1.02. The van der Waals surface area contributed by atoms with E-state index in [9.17, 15) is 9.90 Å². The van der Waals surface area contributed by atoms with E-state index in [0.717, 1.165) is 60.0 Å². The van der Waals surface area contributed by atoms with Crippen LogP contribution in [0.4, 0.5) is 16.2 Å². The van der Waals surface area contributed by atoms with Gasteiger partial charge < -0.3 is 39.4 Å². The van der Waals surface area contributed by atoms with Gasteiger partial charge in [-0.2, -0.15) is 0 Å². The minimum atomic E-state index is -0.625. The second-order valence-electron chi connectivity index (χ2n) is 13.4. The van der Waals surface area contributed by atoms with Crippen molar-refractivity contribution in [3.05, 3.63) is 143 Å². The van der Waals surface area contributed by atoms with E-state index >= 15 is 0 Å². The van der Waals surface area contributed by atoms with Crippen LogP contribution in [0.2, 0.25) is 0 Å². The van der Waals surface area contributed by atoms with Gasteiger partial charge in [-0.1, -0.05) is 61.5 Å². The Labute approximate surface area is 310 Å². The highest BCUT2D eigenvalue weighted by atomic mass is 16.7. The number of methoxy groups -OCH3 is 2.